The molecule has 1 atom stereocenters. The summed E-state index contributed by atoms with van der Waals surface area (Å²) in [5, 5.41) is 8.74. The summed E-state index contributed by atoms with van der Waals surface area (Å²) >= 11 is 0. The number of amides is 2. The van der Waals surface area contributed by atoms with E-state index in [1.807, 2.05) is 6.07 Å². The van der Waals surface area contributed by atoms with Gasteiger partial charge in [-0.15, -0.1) is 0 Å². The zero-order valence-corrected chi connectivity index (χ0v) is 17.8. The third-order valence-electron chi connectivity index (χ3n) is 6.67. The maximum atomic E-state index is 12.5. The Morgan fingerprint density at radius 2 is 1.87 bits per heavy atom. The van der Waals surface area contributed by atoms with Crippen LogP contribution in [0.5, 0.6) is 0 Å². The molecule has 2 aliphatic rings. The minimum absolute atomic E-state index is 0.0884. The zero-order valence-electron chi connectivity index (χ0n) is 17.8. The van der Waals surface area contributed by atoms with Crippen molar-refractivity contribution in [2.75, 3.05) is 26.2 Å². The fraction of sp³-hybridized carbons (Fsp3) is 0.520. The first-order valence-electron chi connectivity index (χ1n) is 11.4. The van der Waals surface area contributed by atoms with E-state index >= 15 is 0 Å². The van der Waals surface area contributed by atoms with Crippen molar-refractivity contribution < 1.29 is 9.59 Å². The Balaban J connectivity index is 1.35. The molecule has 2 aromatic rings. The van der Waals surface area contributed by atoms with E-state index in [4.69, 9.17) is 0 Å². The van der Waals surface area contributed by atoms with Crippen LogP contribution in [0, 0.1) is 0 Å². The number of fused-ring (bicyclic) bond motifs is 1. The SMILES string of the molecule is O=C(CCC1(Cc2cccc3ccccc23)CCC(=O)N1)NCCN1CCCCC1. The molecular formula is C25H33N3O2. The van der Waals surface area contributed by atoms with Gasteiger partial charge in [-0.1, -0.05) is 48.9 Å². The summed E-state index contributed by atoms with van der Waals surface area (Å²) in [4.78, 5) is 27.0. The second-order valence-corrected chi connectivity index (χ2v) is 8.90. The van der Waals surface area contributed by atoms with Gasteiger partial charge in [-0.2, -0.15) is 0 Å². The molecule has 0 radical (unpaired) electrons. The van der Waals surface area contributed by atoms with E-state index in [2.05, 4.69) is 51.9 Å². The van der Waals surface area contributed by atoms with Crippen LogP contribution in [0.1, 0.15) is 50.5 Å². The molecule has 0 aliphatic carbocycles. The fourth-order valence-electron chi connectivity index (χ4n) is 4.97. The van der Waals surface area contributed by atoms with Gasteiger partial charge in [-0.3, -0.25) is 9.59 Å². The number of nitrogens with zero attached hydrogens (tertiary/aromatic N) is 1. The number of hydrogen-bond acceptors (Lipinski definition) is 3. The van der Waals surface area contributed by atoms with Crippen LogP contribution in [0.15, 0.2) is 42.5 Å². The molecule has 2 fully saturated rings. The molecule has 0 aromatic heterocycles. The smallest absolute Gasteiger partial charge is 0.220 e. The first-order chi connectivity index (χ1) is 14.6. The lowest BCUT2D eigenvalue weighted by Gasteiger charge is -2.30. The second-order valence-electron chi connectivity index (χ2n) is 8.90. The molecular weight excluding hydrogens is 374 g/mol. The Hall–Kier alpha value is -2.40. The zero-order chi connectivity index (χ0) is 20.8. The first-order valence-corrected chi connectivity index (χ1v) is 11.4. The highest BCUT2D eigenvalue weighted by Crippen LogP contribution is 2.32. The number of benzene rings is 2. The fourth-order valence-corrected chi connectivity index (χ4v) is 4.97. The van der Waals surface area contributed by atoms with Gasteiger partial charge in [0.1, 0.15) is 0 Å². The van der Waals surface area contributed by atoms with Crippen LogP contribution in [-0.4, -0.2) is 48.4 Å². The topological polar surface area (TPSA) is 61.4 Å². The Morgan fingerprint density at radius 3 is 2.67 bits per heavy atom. The van der Waals surface area contributed by atoms with E-state index < -0.39 is 0 Å². The highest BCUT2D eigenvalue weighted by molar-refractivity contribution is 5.86. The van der Waals surface area contributed by atoms with Crippen LogP contribution < -0.4 is 10.6 Å². The molecule has 2 aliphatic heterocycles. The predicted octanol–water partition coefficient (Wildman–Crippen LogP) is 3.41. The second kappa shape index (κ2) is 9.61. The quantitative estimate of drug-likeness (QED) is 0.705. The van der Waals surface area contributed by atoms with Gasteiger partial charge in [0, 0.05) is 31.5 Å². The standard InChI is InChI=1S/C25H33N3O2/c29-23(26-15-18-28-16-4-1-5-17-28)11-13-25(14-12-24(30)27-25)19-21-9-6-8-20-7-2-3-10-22(20)21/h2-3,6-10H,1,4-5,11-19H2,(H,26,29)(H,27,30). The largest absolute Gasteiger partial charge is 0.355 e. The molecule has 2 heterocycles. The van der Waals surface area contributed by atoms with E-state index in [-0.39, 0.29) is 17.4 Å². The van der Waals surface area contributed by atoms with Crippen LogP contribution in [0.25, 0.3) is 10.8 Å². The van der Waals surface area contributed by atoms with Crippen LogP contribution in [0.2, 0.25) is 0 Å². The first kappa shape index (κ1) is 20.9. The molecule has 5 heteroatoms. The molecule has 160 valence electrons. The molecule has 2 amide bonds. The summed E-state index contributed by atoms with van der Waals surface area (Å²) < 4.78 is 0. The third kappa shape index (κ3) is 5.20. The molecule has 0 spiro atoms. The summed E-state index contributed by atoms with van der Waals surface area (Å²) in [6.45, 7) is 3.94. The van der Waals surface area contributed by atoms with Crippen LogP contribution in [-0.2, 0) is 16.0 Å². The average Bonchev–Trinajstić information content (AvgIpc) is 3.14. The predicted molar refractivity (Wildman–Crippen MR) is 120 cm³/mol. The molecule has 0 bridgehead atoms. The monoisotopic (exact) mass is 407 g/mol. The lowest BCUT2D eigenvalue weighted by atomic mass is 9.83. The Morgan fingerprint density at radius 1 is 1.07 bits per heavy atom. The van der Waals surface area contributed by atoms with Gasteiger partial charge in [0.25, 0.3) is 0 Å². The highest BCUT2D eigenvalue weighted by atomic mass is 16.2. The number of rotatable bonds is 8. The highest BCUT2D eigenvalue weighted by Gasteiger charge is 2.38. The molecule has 1 unspecified atom stereocenters. The van der Waals surface area contributed by atoms with Gasteiger partial charge >= 0.3 is 0 Å². The van der Waals surface area contributed by atoms with Gasteiger partial charge in [0.05, 0.1) is 0 Å². The van der Waals surface area contributed by atoms with Gasteiger partial charge in [-0.05, 0) is 61.5 Å². The lowest BCUT2D eigenvalue weighted by Crippen LogP contribution is -2.45. The summed E-state index contributed by atoms with van der Waals surface area (Å²) in [7, 11) is 0. The number of nitrogens with one attached hydrogen (secondary N) is 2. The molecule has 2 saturated heterocycles. The molecule has 2 aromatic carbocycles. The maximum Gasteiger partial charge on any atom is 0.220 e. The third-order valence-corrected chi connectivity index (χ3v) is 6.67. The Bertz CT molecular complexity index is 886. The van der Waals surface area contributed by atoms with Crippen molar-refractivity contribution in [1.29, 1.82) is 0 Å². The summed E-state index contributed by atoms with van der Waals surface area (Å²) in [5.41, 5.74) is 0.909. The Labute approximate surface area is 179 Å². The number of hydrogen-bond donors (Lipinski definition) is 2. The van der Waals surface area contributed by atoms with Gasteiger partial charge in [0.15, 0.2) is 0 Å². The van der Waals surface area contributed by atoms with Crippen LogP contribution >= 0.6 is 0 Å². The molecule has 30 heavy (non-hydrogen) atoms. The number of piperidine rings is 1. The molecule has 0 saturated carbocycles. The minimum Gasteiger partial charge on any atom is -0.355 e. The van der Waals surface area contributed by atoms with E-state index in [1.54, 1.807) is 0 Å². The number of carbonyl (C=O) groups is 2. The van der Waals surface area contributed by atoms with Crippen LogP contribution in [0.4, 0.5) is 0 Å². The van der Waals surface area contributed by atoms with Gasteiger partial charge < -0.3 is 15.5 Å². The van der Waals surface area contributed by atoms with Crippen molar-refractivity contribution in [2.24, 2.45) is 0 Å². The average molecular weight is 408 g/mol. The van der Waals surface area contributed by atoms with E-state index in [0.717, 1.165) is 32.5 Å². The lowest BCUT2D eigenvalue weighted by molar-refractivity contribution is -0.122. The molecule has 5 nitrogen and oxygen atoms in total. The van der Waals surface area contributed by atoms with Gasteiger partial charge in [-0.25, -0.2) is 0 Å². The van der Waals surface area contributed by atoms with Crippen LogP contribution in [0.3, 0.4) is 0 Å². The number of carbonyl (C=O) groups excluding carboxylic acids is 2. The van der Waals surface area contributed by atoms with Gasteiger partial charge in [0.2, 0.25) is 11.8 Å². The summed E-state index contributed by atoms with van der Waals surface area (Å²) in [6, 6.07) is 14.7. The van der Waals surface area contributed by atoms with E-state index in [1.165, 1.54) is 35.6 Å². The van der Waals surface area contributed by atoms with Crippen molar-refractivity contribution in [2.45, 2.75) is 56.9 Å². The van der Waals surface area contributed by atoms with E-state index in [9.17, 15) is 9.59 Å². The summed E-state index contributed by atoms with van der Waals surface area (Å²) in [5.74, 6) is 0.186. The number of likely N-dealkylation sites (tertiary alicyclic amines) is 1. The maximum absolute atomic E-state index is 12.5. The van der Waals surface area contributed by atoms with Crippen molar-refractivity contribution >= 4 is 22.6 Å². The Kier molecular flexibility index (Phi) is 6.68. The van der Waals surface area contributed by atoms with Crippen molar-refractivity contribution in [3.05, 3.63) is 48.0 Å². The summed E-state index contributed by atoms with van der Waals surface area (Å²) in [6.07, 6.45) is 7.09. The van der Waals surface area contributed by atoms with Crippen molar-refractivity contribution in [1.82, 2.24) is 15.5 Å². The molecule has 2 N–H and O–H groups in total. The van der Waals surface area contributed by atoms with E-state index in [0.29, 0.717) is 25.8 Å². The molecule has 4 rings (SSSR count). The van der Waals surface area contributed by atoms with Crippen molar-refractivity contribution in [3.63, 3.8) is 0 Å². The normalized spacial score (nSPS) is 22.2. The van der Waals surface area contributed by atoms with Crippen molar-refractivity contribution in [3.8, 4) is 0 Å². The minimum atomic E-state index is -0.328.